The SMILES string of the molecule is Cn1cc2c(c1C(=O)Nc1cc(F)c(F)c(F)c1)O[C@H]1COC[C@@H]1NS2(=O)=O. The number of anilines is 1. The monoisotopic (exact) mass is 417 g/mol. The molecule has 2 aromatic rings. The van der Waals surface area contributed by atoms with Crippen molar-refractivity contribution < 1.29 is 35.9 Å². The first-order valence-electron chi connectivity index (χ1n) is 8.09. The van der Waals surface area contributed by atoms with Gasteiger partial charge < -0.3 is 19.4 Å². The number of aromatic nitrogens is 1. The van der Waals surface area contributed by atoms with Crippen LogP contribution in [0.2, 0.25) is 0 Å². The number of sulfonamides is 1. The summed E-state index contributed by atoms with van der Waals surface area (Å²) in [6.45, 7) is 0.243. The Kier molecular flexibility index (Phi) is 4.36. The molecule has 2 atom stereocenters. The van der Waals surface area contributed by atoms with Crippen LogP contribution in [0.5, 0.6) is 5.75 Å². The highest BCUT2D eigenvalue weighted by molar-refractivity contribution is 7.89. The molecule has 2 N–H and O–H groups in total. The highest BCUT2D eigenvalue weighted by atomic mass is 32.2. The summed E-state index contributed by atoms with van der Waals surface area (Å²) in [6, 6.07) is 0.606. The van der Waals surface area contributed by atoms with Gasteiger partial charge in [-0.25, -0.2) is 26.3 Å². The fraction of sp³-hybridized carbons (Fsp3) is 0.312. The molecular weight excluding hydrogens is 403 g/mol. The van der Waals surface area contributed by atoms with Crippen molar-refractivity contribution in [2.24, 2.45) is 7.05 Å². The first-order chi connectivity index (χ1) is 13.2. The van der Waals surface area contributed by atoms with Crippen LogP contribution in [0.25, 0.3) is 0 Å². The Morgan fingerprint density at radius 3 is 2.61 bits per heavy atom. The van der Waals surface area contributed by atoms with Crippen LogP contribution in [-0.4, -0.2) is 44.3 Å². The van der Waals surface area contributed by atoms with Crippen molar-refractivity contribution in [1.29, 1.82) is 0 Å². The topological polar surface area (TPSA) is 98.7 Å². The maximum absolute atomic E-state index is 13.4. The molecule has 0 aliphatic carbocycles. The van der Waals surface area contributed by atoms with Gasteiger partial charge in [0.05, 0.1) is 19.3 Å². The molecule has 12 heteroatoms. The van der Waals surface area contributed by atoms with Crippen molar-refractivity contribution in [3.63, 3.8) is 0 Å². The number of aryl methyl sites for hydroxylation is 1. The summed E-state index contributed by atoms with van der Waals surface area (Å²) in [5.74, 6) is -5.71. The molecule has 0 saturated carbocycles. The quantitative estimate of drug-likeness (QED) is 0.714. The molecule has 28 heavy (non-hydrogen) atoms. The first kappa shape index (κ1) is 18.8. The third-order valence-electron chi connectivity index (χ3n) is 4.45. The molecule has 4 rings (SSSR count). The number of hydrogen-bond donors (Lipinski definition) is 2. The average molecular weight is 417 g/mol. The van der Waals surface area contributed by atoms with E-state index in [1.54, 1.807) is 0 Å². The minimum absolute atomic E-state index is 0.121. The van der Waals surface area contributed by atoms with Crippen LogP contribution in [0.4, 0.5) is 18.9 Å². The van der Waals surface area contributed by atoms with E-state index in [2.05, 4.69) is 10.0 Å². The molecule has 0 bridgehead atoms. The van der Waals surface area contributed by atoms with Crippen molar-refractivity contribution in [2.45, 2.75) is 17.0 Å². The Bertz CT molecular complexity index is 1060. The molecule has 0 spiro atoms. The fourth-order valence-corrected chi connectivity index (χ4v) is 4.57. The van der Waals surface area contributed by atoms with E-state index in [1.165, 1.54) is 17.8 Å². The second kappa shape index (κ2) is 6.50. The lowest BCUT2D eigenvalue weighted by molar-refractivity contribution is 0.100. The Hall–Kier alpha value is -2.57. The molecule has 1 aromatic heterocycles. The van der Waals surface area contributed by atoms with Gasteiger partial charge in [0.15, 0.2) is 28.9 Å². The Morgan fingerprint density at radius 2 is 1.93 bits per heavy atom. The molecule has 2 aliphatic rings. The smallest absolute Gasteiger partial charge is 0.276 e. The molecule has 150 valence electrons. The highest BCUT2D eigenvalue weighted by Gasteiger charge is 2.42. The number of amides is 1. The van der Waals surface area contributed by atoms with E-state index in [9.17, 15) is 26.4 Å². The van der Waals surface area contributed by atoms with Crippen LogP contribution in [0.1, 0.15) is 10.5 Å². The predicted molar refractivity (Wildman–Crippen MR) is 89.0 cm³/mol. The van der Waals surface area contributed by atoms with Crippen molar-refractivity contribution in [2.75, 3.05) is 18.5 Å². The molecular formula is C16H14F3N3O5S. The molecule has 1 amide bonds. The van der Waals surface area contributed by atoms with Gasteiger partial charge in [-0.3, -0.25) is 4.79 Å². The first-order valence-corrected chi connectivity index (χ1v) is 9.57. The molecule has 2 aliphatic heterocycles. The summed E-state index contributed by atoms with van der Waals surface area (Å²) in [6.07, 6.45) is 0.547. The van der Waals surface area contributed by atoms with Crippen LogP contribution in [0, 0.1) is 17.5 Å². The van der Waals surface area contributed by atoms with Gasteiger partial charge in [0, 0.05) is 31.1 Å². The number of hydrogen-bond acceptors (Lipinski definition) is 5. The number of carbonyl (C=O) groups excluding carboxylic acids is 1. The van der Waals surface area contributed by atoms with Crippen molar-refractivity contribution in [3.05, 3.63) is 41.5 Å². The molecule has 1 aromatic carbocycles. The van der Waals surface area contributed by atoms with E-state index in [0.29, 0.717) is 12.1 Å². The van der Waals surface area contributed by atoms with Gasteiger partial charge in [-0.2, -0.15) is 0 Å². The maximum Gasteiger partial charge on any atom is 0.276 e. The number of carbonyl (C=O) groups is 1. The standard InChI is InChI=1S/C16H14F3N3O5S/c1-22-4-12-15(27-11-6-26-5-10(11)21-28(12,24)25)14(22)16(23)20-7-2-8(17)13(19)9(18)3-7/h2-4,10-11,21H,5-6H2,1H3,(H,20,23)/t10-,11-/m0/s1. The summed E-state index contributed by atoms with van der Waals surface area (Å²) in [7, 11) is -2.57. The van der Waals surface area contributed by atoms with Crippen LogP contribution < -0.4 is 14.8 Å². The van der Waals surface area contributed by atoms with Crippen molar-refractivity contribution in [3.8, 4) is 5.75 Å². The minimum atomic E-state index is -3.99. The van der Waals surface area contributed by atoms with Crippen LogP contribution >= 0.6 is 0 Å². The highest BCUT2D eigenvalue weighted by Crippen LogP contribution is 2.35. The maximum atomic E-state index is 13.4. The van der Waals surface area contributed by atoms with Gasteiger partial charge in [0.2, 0.25) is 10.0 Å². The van der Waals surface area contributed by atoms with E-state index >= 15 is 0 Å². The van der Waals surface area contributed by atoms with Gasteiger partial charge in [0.1, 0.15) is 11.0 Å². The van der Waals surface area contributed by atoms with Crippen molar-refractivity contribution in [1.82, 2.24) is 9.29 Å². The number of benzene rings is 1. The molecule has 1 fully saturated rings. The molecule has 3 heterocycles. The molecule has 0 radical (unpaired) electrons. The van der Waals surface area contributed by atoms with E-state index in [-0.39, 0.29) is 35.2 Å². The van der Waals surface area contributed by atoms with Crippen LogP contribution in [0.15, 0.2) is 23.2 Å². The molecule has 0 unspecified atom stereocenters. The normalized spacial score (nSPS) is 22.7. The number of halogens is 3. The summed E-state index contributed by atoms with van der Waals surface area (Å²) in [5.41, 5.74) is -0.522. The number of rotatable bonds is 2. The van der Waals surface area contributed by atoms with Crippen molar-refractivity contribution >= 4 is 21.6 Å². The number of fused-ring (bicyclic) bond motifs is 2. The summed E-state index contributed by atoms with van der Waals surface area (Å²) in [5, 5.41) is 2.22. The van der Waals surface area contributed by atoms with Gasteiger partial charge in [-0.1, -0.05) is 0 Å². The Morgan fingerprint density at radius 1 is 1.25 bits per heavy atom. The Labute approximate surface area is 157 Å². The summed E-state index contributed by atoms with van der Waals surface area (Å²) < 4.78 is 79.7. The van der Waals surface area contributed by atoms with Crippen LogP contribution in [-0.2, 0) is 21.8 Å². The fourth-order valence-electron chi connectivity index (χ4n) is 3.14. The van der Waals surface area contributed by atoms with Gasteiger partial charge in [-0.05, 0) is 0 Å². The number of nitrogens with one attached hydrogen (secondary N) is 2. The predicted octanol–water partition coefficient (Wildman–Crippen LogP) is 1.13. The lowest BCUT2D eigenvalue weighted by Crippen LogP contribution is -2.42. The largest absolute Gasteiger partial charge is 0.482 e. The lowest BCUT2D eigenvalue weighted by atomic mass is 10.2. The molecule has 1 saturated heterocycles. The average Bonchev–Trinajstić information content (AvgIpc) is 3.14. The van der Waals surface area contributed by atoms with E-state index in [1.807, 2.05) is 0 Å². The number of ether oxygens (including phenoxy) is 2. The Balaban J connectivity index is 1.73. The third-order valence-corrected chi connectivity index (χ3v) is 5.94. The van der Waals surface area contributed by atoms with Gasteiger partial charge >= 0.3 is 0 Å². The molecule has 8 nitrogen and oxygen atoms in total. The lowest BCUT2D eigenvalue weighted by Gasteiger charge is -2.16. The number of nitrogens with zero attached hydrogens (tertiary/aromatic N) is 1. The van der Waals surface area contributed by atoms with Crippen LogP contribution in [0.3, 0.4) is 0 Å². The van der Waals surface area contributed by atoms with Gasteiger partial charge in [0.25, 0.3) is 5.91 Å². The van der Waals surface area contributed by atoms with E-state index < -0.39 is 45.5 Å². The summed E-state index contributed by atoms with van der Waals surface area (Å²) in [4.78, 5) is 12.4. The third kappa shape index (κ3) is 3.02. The second-order valence-electron chi connectivity index (χ2n) is 6.41. The second-order valence-corrected chi connectivity index (χ2v) is 8.09. The minimum Gasteiger partial charge on any atom is -0.482 e. The van der Waals surface area contributed by atoms with E-state index in [0.717, 1.165) is 0 Å². The zero-order valence-corrected chi connectivity index (χ0v) is 15.1. The van der Waals surface area contributed by atoms with Gasteiger partial charge in [-0.15, -0.1) is 0 Å². The van der Waals surface area contributed by atoms with E-state index in [4.69, 9.17) is 9.47 Å². The zero-order valence-electron chi connectivity index (χ0n) is 14.3. The summed E-state index contributed by atoms with van der Waals surface area (Å²) >= 11 is 0. The zero-order chi connectivity index (χ0) is 20.2.